The van der Waals surface area contributed by atoms with E-state index in [1.165, 1.54) is 0 Å². The molecule has 1 aromatic rings. The smallest absolute Gasteiger partial charge is 0.492 e. The van der Waals surface area contributed by atoms with Crippen LogP contribution in [0.25, 0.3) is 0 Å². The minimum atomic E-state index is -0.346. The molecule has 0 aromatic heterocycles. The number of likely N-dealkylation sites (N-methyl/N-ethyl adjacent to an activating group) is 1. The van der Waals surface area contributed by atoms with Crippen LogP contribution in [0.3, 0.4) is 0 Å². The van der Waals surface area contributed by atoms with E-state index in [0.29, 0.717) is 6.61 Å². The molecule has 26 heavy (non-hydrogen) atoms. The first-order valence-electron chi connectivity index (χ1n) is 9.68. The number of ether oxygens (including phenoxy) is 1. The number of aryl methyl sites for hydroxylation is 1. The van der Waals surface area contributed by atoms with Crippen LogP contribution < -0.4 is 10.2 Å². The number of hydrogen-bond acceptors (Lipinski definition) is 5. The Morgan fingerprint density at radius 1 is 1.04 bits per heavy atom. The van der Waals surface area contributed by atoms with Gasteiger partial charge in [0.2, 0.25) is 0 Å². The van der Waals surface area contributed by atoms with E-state index in [1.807, 2.05) is 6.07 Å². The molecule has 0 N–H and O–H groups in total. The molecule has 3 rings (SSSR count). The molecule has 2 heterocycles. The summed E-state index contributed by atoms with van der Waals surface area (Å²) in [4.78, 5) is 4.83. The van der Waals surface area contributed by atoms with E-state index in [0.717, 1.165) is 49.5 Å². The first-order chi connectivity index (χ1) is 12.2. The monoisotopic (exact) mass is 360 g/mol. The molecule has 0 bridgehead atoms. The molecule has 0 unspecified atom stereocenters. The molecule has 2 fully saturated rings. The van der Waals surface area contributed by atoms with Gasteiger partial charge in [-0.15, -0.1) is 0 Å². The largest absolute Gasteiger partial charge is 0.495 e. The fourth-order valence-corrected chi connectivity index (χ4v) is 3.30. The van der Waals surface area contributed by atoms with Gasteiger partial charge in [-0.3, -0.25) is 4.90 Å². The van der Waals surface area contributed by atoms with Crippen LogP contribution in [0.1, 0.15) is 33.3 Å². The lowest BCUT2D eigenvalue weighted by Crippen LogP contribution is -2.45. The lowest BCUT2D eigenvalue weighted by molar-refractivity contribution is 0.00578. The Bertz CT molecular complexity index is 611. The molecule has 0 aliphatic carbocycles. The van der Waals surface area contributed by atoms with Gasteiger partial charge in [0.1, 0.15) is 12.4 Å². The molecule has 2 saturated heterocycles. The van der Waals surface area contributed by atoms with Crippen molar-refractivity contribution in [3.63, 3.8) is 0 Å². The zero-order valence-corrected chi connectivity index (χ0v) is 17.2. The van der Waals surface area contributed by atoms with Crippen LogP contribution in [0.4, 0.5) is 0 Å². The van der Waals surface area contributed by atoms with Gasteiger partial charge < -0.3 is 18.9 Å². The molecule has 0 saturated carbocycles. The summed E-state index contributed by atoms with van der Waals surface area (Å²) < 4.78 is 18.4. The zero-order chi connectivity index (χ0) is 18.9. The zero-order valence-electron chi connectivity index (χ0n) is 17.2. The van der Waals surface area contributed by atoms with Crippen LogP contribution in [0.5, 0.6) is 5.75 Å². The third-order valence-corrected chi connectivity index (χ3v) is 6.03. The average molecular weight is 360 g/mol. The second kappa shape index (κ2) is 7.51. The van der Waals surface area contributed by atoms with Crippen LogP contribution in [-0.4, -0.2) is 74.5 Å². The number of nitrogens with zero attached hydrogens (tertiary/aromatic N) is 2. The Hall–Kier alpha value is -1.08. The lowest BCUT2D eigenvalue weighted by atomic mass is 9.76. The van der Waals surface area contributed by atoms with E-state index in [4.69, 9.17) is 14.0 Å². The van der Waals surface area contributed by atoms with Gasteiger partial charge in [0, 0.05) is 32.7 Å². The number of piperazine rings is 1. The topological polar surface area (TPSA) is 34.2 Å². The van der Waals surface area contributed by atoms with E-state index in [1.54, 1.807) is 0 Å². The maximum atomic E-state index is 6.20. The molecule has 2 aliphatic heterocycles. The summed E-state index contributed by atoms with van der Waals surface area (Å²) in [5, 5.41) is 0. The second-order valence-corrected chi connectivity index (χ2v) is 8.60. The molecule has 5 nitrogen and oxygen atoms in total. The third kappa shape index (κ3) is 4.25. The van der Waals surface area contributed by atoms with E-state index in [9.17, 15) is 0 Å². The predicted octanol–water partition coefficient (Wildman–Crippen LogP) is 1.92. The molecule has 2 aliphatic rings. The molecular weight excluding hydrogens is 327 g/mol. The molecule has 6 heteroatoms. The Labute approximate surface area is 158 Å². The first-order valence-corrected chi connectivity index (χ1v) is 9.68. The van der Waals surface area contributed by atoms with Crippen LogP contribution in [-0.2, 0) is 9.31 Å². The van der Waals surface area contributed by atoms with Crippen molar-refractivity contribution < 1.29 is 14.0 Å². The number of hydrogen-bond donors (Lipinski definition) is 0. The maximum Gasteiger partial charge on any atom is 0.495 e. The van der Waals surface area contributed by atoms with Crippen molar-refractivity contribution in [2.75, 3.05) is 46.4 Å². The lowest BCUT2D eigenvalue weighted by Gasteiger charge is -2.32. The maximum absolute atomic E-state index is 6.20. The summed E-state index contributed by atoms with van der Waals surface area (Å²) >= 11 is 0. The van der Waals surface area contributed by atoms with Gasteiger partial charge >= 0.3 is 7.12 Å². The number of benzene rings is 1. The Kier molecular flexibility index (Phi) is 5.68. The quantitative estimate of drug-likeness (QED) is 0.750. The minimum absolute atomic E-state index is 0.331. The SMILES string of the molecule is Cc1ccc(OCCN2CCN(C)CC2)cc1B1OC(C)(C)C(C)(C)O1. The molecule has 144 valence electrons. The van der Waals surface area contributed by atoms with Crippen LogP contribution >= 0.6 is 0 Å². The van der Waals surface area contributed by atoms with Gasteiger partial charge in [0.15, 0.2) is 0 Å². The first kappa shape index (κ1) is 19.7. The highest BCUT2D eigenvalue weighted by molar-refractivity contribution is 6.62. The van der Waals surface area contributed by atoms with Crippen LogP contribution in [0.2, 0.25) is 0 Å². The molecular formula is C20H33BN2O3. The summed E-state index contributed by atoms with van der Waals surface area (Å²) in [6.45, 7) is 16.6. The molecule has 0 radical (unpaired) electrons. The van der Waals surface area contributed by atoms with Gasteiger partial charge in [-0.05, 0) is 59.3 Å². The van der Waals surface area contributed by atoms with E-state index >= 15 is 0 Å². The average Bonchev–Trinajstić information content (AvgIpc) is 2.78. The van der Waals surface area contributed by atoms with E-state index in [-0.39, 0.29) is 18.3 Å². The normalized spacial score (nSPS) is 23.4. The molecule has 0 atom stereocenters. The Morgan fingerprint density at radius 2 is 1.65 bits per heavy atom. The van der Waals surface area contributed by atoms with Crippen molar-refractivity contribution in [1.82, 2.24) is 9.80 Å². The van der Waals surface area contributed by atoms with Crippen molar-refractivity contribution in [1.29, 1.82) is 0 Å². The number of rotatable bonds is 5. The van der Waals surface area contributed by atoms with Crippen molar-refractivity contribution in [3.05, 3.63) is 23.8 Å². The standard InChI is InChI=1S/C20H33BN2O3/c1-16-7-8-17(24-14-13-23-11-9-22(6)10-12-23)15-18(16)21-25-19(2,3)20(4,5)26-21/h7-8,15H,9-14H2,1-6H3. The highest BCUT2D eigenvalue weighted by Gasteiger charge is 2.52. The molecule has 0 spiro atoms. The summed E-state index contributed by atoms with van der Waals surface area (Å²) in [6.07, 6.45) is 0. The minimum Gasteiger partial charge on any atom is -0.492 e. The second-order valence-electron chi connectivity index (χ2n) is 8.60. The third-order valence-electron chi connectivity index (χ3n) is 6.03. The summed E-state index contributed by atoms with van der Waals surface area (Å²) in [5.74, 6) is 0.884. The van der Waals surface area contributed by atoms with Gasteiger partial charge in [-0.1, -0.05) is 11.6 Å². The van der Waals surface area contributed by atoms with Crippen molar-refractivity contribution in [2.45, 2.75) is 45.8 Å². The Balaban J connectivity index is 1.60. The van der Waals surface area contributed by atoms with Crippen molar-refractivity contribution in [2.24, 2.45) is 0 Å². The van der Waals surface area contributed by atoms with Crippen molar-refractivity contribution in [3.8, 4) is 5.75 Å². The molecule has 0 amide bonds. The van der Waals surface area contributed by atoms with E-state index in [2.05, 4.69) is 63.6 Å². The highest BCUT2D eigenvalue weighted by Crippen LogP contribution is 2.36. The fourth-order valence-electron chi connectivity index (χ4n) is 3.30. The Morgan fingerprint density at radius 3 is 2.27 bits per heavy atom. The van der Waals surface area contributed by atoms with Crippen molar-refractivity contribution >= 4 is 12.6 Å². The van der Waals surface area contributed by atoms with Gasteiger partial charge in [0.25, 0.3) is 0 Å². The summed E-state index contributed by atoms with van der Waals surface area (Å²) in [6, 6.07) is 6.20. The van der Waals surface area contributed by atoms with Crippen LogP contribution in [0.15, 0.2) is 18.2 Å². The summed E-state index contributed by atoms with van der Waals surface area (Å²) in [7, 11) is 1.83. The summed E-state index contributed by atoms with van der Waals surface area (Å²) in [5.41, 5.74) is 1.56. The van der Waals surface area contributed by atoms with Gasteiger partial charge in [-0.25, -0.2) is 0 Å². The van der Waals surface area contributed by atoms with E-state index < -0.39 is 0 Å². The van der Waals surface area contributed by atoms with Gasteiger partial charge in [-0.2, -0.15) is 0 Å². The van der Waals surface area contributed by atoms with Gasteiger partial charge in [0.05, 0.1) is 11.2 Å². The highest BCUT2D eigenvalue weighted by atomic mass is 16.7. The predicted molar refractivity (Wildman–Crippen MR) is 106 cm³/mol. The molecule has 1 aromatic carbocycles. The fraction of sp³-hybridized carbons (Fsp3) is 0.700. The van der Waals surface area contributed by atoms with Crippen LogP contribution in [0, 0.1) is 6.92 Å².